The molecule has 0 unspecified atom stereocenters. The Morgan fingerprint density at radius 2 is 2.06 bits per heavy atom. The largest absolute Gasteiger partial charge is 0.465 e. The van der Waals surface area contributed by atoms with Crippen molar-refractivity contribution in [3.05, 3.63) is 35.9 Å². The van der Waals surface area contributed by atoms with Gasteiger partial charge in [-0.05, 0) is 25.7 Å². The van der Waals surface area contributed by atoms with E-state index >= 15 is 0 Å². The molecule has 1 rings (SSSR count). The molecule has 0 amide bonds. The van der Waals surface area contributed by atoms with Gasteiger partial charge in [0.2, 0.25) is 0 Å². The number of ether oxygens (including phenoxy) is 1. The van der Waals surface area contributed by atoms with Crippen molar-refractivity contribution in [3.8, 4) is 0 Å². The fourth-order valence-corrected chi connectivity index (χ4v) is 2.12. The zero-order chi connectivity index (χ0) is 12.9. The van der Waals surface area contributed by atoms with E-state index in [0.717, 1.165) is 5.56 Å². The molecule has 0 aliphatic rings. The first kappa shape index (κ1) is 14.1. The molecule has 1 aromatic carbocycles. The van der Waals surface area contributed by atoms with Crippen molar-refractivity contribution >= 4 is 17.7 Å². The number of aliphatic hydroxyl groups excluding tert-OH is 1. The van der Waals surface area contributed by atoms with E-state index in [0.29, 0.717) is 6.61 Å². The number of carbonyl (C=O) groups excluding carboxylic acids is 1. The van der Waals surface area contributed by atoms with Crippen LogP contribution in [0.2, 0.25) is 0 Å². The Morgan fingerprint density at radius 3 is 2.53 bits per heavy atom. The van der Waals surface area contributed by atoms with E-state index in [-0.39, 0.29) is 5.97 Å². The summed E-state index contributed by atoms with van der Waals surface area (Å²) >= 11 is 1.30. The van der Waals surface area contributed by atoms with Crippen molar-refractivity contribution in [1.29, 1.82) is 0 Å². The summed E-state index contributed by atoms with van der Waals surface area (Å²) in [6.07, 6.45) is 0.918. The normalized spacial score (nSPS) is 16.0. The average Bonchev–Trinajstić information content (AvgIpc) is 2.38. The lowest BCUT2D eigenvalue weighted by atomic mass is 9.96. The third kappa shape index (κ3) is 3.01. The number of aliphatic hydroxyl groups is 1. The maximum atomic E-state index is 11.9. The van der Waals surface area contributed by atoms with Crippen molar-refractivity contribution in [1.82, 2.24) is 0 Å². The zero-order valence-corrected chi connectivity index (χ0v) is 11.2. The number of rotatable bonds is 5. The fraction of sp³-hybridized carbons (Fsp3) is 0.462. The lowest BCUT2D eigenvalue weighted by Crippen LogP contribution is -2.39. The summed E-state index contributed by atoms with van der Waals surface area (Å²) in [5, 5.41) is 10.3. The van der Waals surface area contributed by atoms with Gasteiger partial charge in [0.1, 0.15) is 10.9 Å². The van der Waals surface area contributed by atoms with E-state index < -0.39 is 10.9 Å². The maximum absolute atomic E-state index is 11.9. The molecule has 0 spiro atoms. The summed E-state index contributed by atoms with van der Waals surface area (Å²) < 4.78 is 4.05. The van der Waals surface area contributed by atoms with Crippen LogP contribution in [0.25, 0.3) is 0 Å². The Hall–Kier alpha value is -1.00. The van der Waals surface area contributed by atoms with Crippen LogP contribution in [0.3, 0.4) is 0 Å². The van der Waals surface area contributed by atoms with E-state index in [1.54, 1.807) is 32.2 Å². The van der Waals surface area contributed by atoms with Crippen LogP contribution in [-0.2, 0) is 9.53 Å². The molecule has 1 aromatic rings. The third-order valence-electron chi connectivity index (χ3n) is 2.74. The van der Waals surface area contributed by atoms with E-state index in [4.69, 9.17) is 4.74 Å². The van der Waals surface area contributed by atoms with Crippen molar-refractivity contribution in [2.24, 2.45) is 0 Å². The quantitative estimate of drug-likeness (QED) is 0.820. The van der Waals surface area contributed by atoms with Crippen LogP contribution in [0.5, 0.6) is 0 Å². The van der Waals surface area contributed by atoms with Gasteiger partial charge in [0.05, 0.1) is 6.61 Å². The topological polar surface area (TPSA) is 46.5 Å². The monoisotopic (exact) mass is 254 g/mol. The number of thioether (sulfide) groups is 1. The summed E-state index contributed by atoms with van der Waals surface area (Å²) in [4.78, 5) is 11.9. The van der Waals surface area contributed by atoms with Gasteiger partial charge in [-0.3, -0.25) is 4.79 Å². The summed E-state index contributed by atoms with van der Waals surface area (Å²) in [6, 6.07) is 9.16. The van der Waals surface area contributed by atoms with Crippen LogP contribution >= 0.6 is 11.8 Å². The summed E-state index contributed by atoms with van der Waals surface area (Å²) in [6.45, 7) is 3.78. The van der Waals surface area contributed by atoms with Crippen LogP contribution in [0.4, 0.5) is 0 Å². The Bertz CT molecular complexity index is 366. The molecule has 2 atom stereocenters. The van der Waals surface area contributed by atoms with Gasteiger partial charge in [0, 0.05) is 0 Å². The highest BCUT2D eigenvalue weighted by molar-refractivity contribution is 8.00. The molecule has 0 bridgehead atoms. The molecule has 17 heavy (non-hydrogen) atoms. The SMILES string of the molecule is CCOC(=O)[C@@](C)(SC)[C@H](O)c1ccccc1. The van der Waals surface area contributed by atoms with Crippen molar-refractivity contribution in [2.75, 3.05) is 12.9 Å². The molecule has 0 aromatic heterocycles. The molecule has 4 heteroatoms. The minimum Gasteiger partial charge on any atom is -0.465 e. The summed E-state index contributed by atoms with van der Waals surface area (Å²) in [7, 11) is 0. The van der Waals surface area contributed by atoms with E-state index in [1.165, 1.54) is 11.8 Å². The molecule has 3 nitrogen and oxygen atoms in total. The van der Waals surface area contributed by atoms with Gasteiger partial charge in [-0.2, -0.15) is 0 Å². The molecular formula is C13H18O3S. The average molecular weight is 254 g/mol. The standard InChI is InChI=1S/C13H18O3S/c1-4-16-12(15)13(2,17-3)11(14)10-8-6-5-7-9-10/h5-9,11,14H,4H2,1-3H3/t11-,13+/m1/s1. The van der Waals surface area contributed by atoms with Gasteiger partial charge < -0.3 is 9.84 Å². The van der Waals surface area contributed by atoms with Gasteiger partial charge in [-0.25, -0.2) is 0 Å². The van der Waals surface area contributed by atoms with E-state index in [1.807, 2.05) is 18.2 Å². The summed E-state index contributed by atoms with van der Waals surface area (Å²) in [5.41, 5.74) is 0.720. The highest BCUT2D eigenvalue weighted by Gasteiger charge is 2.42. The molecule has 0 heterocycles. The first-order chi connectivity index (χ1) is 8.06. The Labute approximate surface area is 106 Å². The highest BCUT2D eigenvalue weighted by atomic mass is 32.2. The van der Waals surface area contributed by atoms with Crippen LogP contribution in [0.15, 0.2) is 30.3 Å². The van der Waals surface area contributed by atoms with E-state index in [2.05, 4.69) is 0 Å². The van der Waals surface area contributed by atoms with Crippen LogP contribution in [0, 0.1) is 0 Å². The number of esters is 1. The smallest absolute Gasteiger partial charge is 0.324 e. The van der Waals surface area contributed by atoms with Gasteiger partial charge >= 0.3 is 5.97 Å². The minimum absolute atomic E-state index is 0.316. The fourth-order valence-electron chi connectivity index (χ4n) is 1.53. The van der Waals surface area contributed by atoms with E-state index in [9.17, 15) is 9.90 Å². The first-order valence-corrected chi connectivity index (χ1v) is 6.74. The number of benzene rings is 1. The van der Waals surface area contributed by atoms with Gasteiger partial charge in [-0.1, -0.05) is 30.3 Å². The second-order valence-electron chi connectivity index (χ2n) is 3.84. The molecule has 94 valence electrons. The Balaban J connectivity index is 2.97. The number of hydrogen-bond donors (Lipinski definition) is 1. The molecule has 0 radical (unpaired) electrons. The van der Waals surface area contributed by atoms with Crippen molar-refractivity contribution in [3.63, 3.8) is 0 Å². The zero-order valence-electron chi connectivity index (χ0n) is 10.3. The molecular weight excluding hydrogens is 236 g/mol. The number of hydrogen-bond acceptors (Lipinski definition) is 4. The molecule has 0 saturated heterocycles. The second-order valence-corrected chi connectivity index (χ2v) is 5.10. The van der Waals surface area contributed by atoms with Crippen molar-refractivity contribution in [2.45, 2.75) is 24.7 Å². The van der Waals surface area contributed by atoms with Gasteiger partial charge in [0.25, 0.3) is 0 Å². The molecule has 0 aliphatic heterocycles. The number of carbonyl (C=O) groups is 1. The van der Waals surface area contributed by atoms with Crippen LogP contribution < -0.4 is 0 Å². The maximum Gasteiger partial charge on any atom is 0.324 e. The second kappa shape index (κ2) is 6.07. The first-order valence-electron chi connectivity index (χ1n) is 5.51. The summed E-state index contributed by atoms with van der Waals surface area (Å²) in [5.74, 6) is -0.385. The van der Waals surface area contributed by atoms with Gasteiger partial charge in [-0.15, -0.1) is 11.8 Å². The lowest BCUT2D eigenvalue weighted by Gasteiger charge is -2.30. The Kier molecular flexibility index (Phi) is 5.02. The van der Waals surface area contributed by atoms with Crippen LogP contribution in [-0.4, -0.2) is 28.7 Å². The predicted octanol–water partition coefficient (Wildman–Crippen LogP) is 2.40. The molecule has 0 fully saturated rings. The molecule has 0 aliphatic carbocycles. The van der Waals surface area contributed by atoms with Crippen molar-refractivity contribution < 1.29 is 14.6 Å². The highest BCUT2D eigenvalue weighted by Crippen LogP contribution is 2.37. The Morgan fingerprint density at radius 1 is 1.47 bits per heavy atom. The minimum atomic E-state index is -0.975. The van der Waals surface area contributed by atoms with Crippen LogP contribution in [0.1, 0.15) is 25.5 Å². The molecule has 1 N–H and O–H groups in total. The predicted molar refractivity (Wildman–Crippen MR) is 70.0 cm³/mol. The van der Waals surface area contributed by atoms with Gasteiger partial charge in [0.15, 0.2) is 0 Å². The lowest BCUT2D eigenvalue weighted by molar-refractivity contribution is -0.148. The third-order valence-corrected chi connectivity index (χ3v) is 3.98. The molecule has 0 saturated carbocycles.